The zero-order chi connectivity index (χ0) is 26.1. The molecule has 0 saturated carbocycles. The molecule has 0 heterocycles. The maximum atomic E-state index is 13.5. The van der Waals surface area contributed by atoms with Gasteiger partial charge in [-0.15, -0.1) is 0 Å². The van der Waals surface area contributed by atoms with Gasteiger partial charge in [0.05, 0.1) is 13.2 Å². The van der Waals surface area contributed by atoms with E-state index in [9.17, 15) is 14.4 Å². The van der Waals surface area contributed by atoms with Crippen LogP contribution in [0.15, 0.2) is 30.3 Å². The van der Waals surface area contributed by atoms with Crippen LogP contribution in [0.25, 0.3) is 0 Å². The number of hydrogen-bond donors (Lipinski definition) is 3. The number of ether oxygens (including phenoxy) is 2. The van der Waals surface area contributed by atoms with Crippen molar-refractivity contribution in [2.45, 2.75) is 97.5 Å². The number of carbonyl (C=O) groups excluding carboxylic acids is 3. The third-order valence-corrected chi connectivity index (χ3v) is 4.76. The van der Waals surface area contributed by atoms with E-state index in [0.717, 1.165) is 5.56 Å². The molecule has 0 saturated heterocycles. The molecule has 0 aliphatic rings. The molecule has 1 rings (SSSR count). The Kier molecular flexibility index (Phi) is 11.0. The van der Waals surface area contributed by atoms with E-state index >= 15 is 0 Å². The van der Waals surface area contributed by atoms with Crippen molar-refractivity contribution in [1.82, 2.24) is 16.0 Å². The van der Waals surface area contributed by atoms with Gasteiger partial charge in [-0.1, -0.05) is 44.2 Å². The second kappa shape index (κ2) is 12.7. The molecule has 3 atom stereocenters. The number of benzene rings is 1. The number of esters is 1. The lowest BCUT2D eigenvalue weighted by Crippen LogP contribution is -2.63. The Bertz CT molecular complexity index is 797. The molecule has 0 radical (unpaired) electrons. The Morgan fingerprint density at radius 2 is 1.56 bits per heavy atom. The number of nitrogens with one attached hydrogen (secondary N) is 3. The maximum absolute atomic E-state index is 13.5. The van der Waals surface area contributed by atoms with E-state index in [2.05, 4.69) is 16.0 Å². The molecular weight excluding hydrogens is 434 g/mol. The van der Waals surface area contributed by atoms with Gasteiger partial charge in [-0.25, -0.2) is 4.79 Å². The first-order valence-corrected chi connectivity index (χ1v) is 11.8. The van der Waals surface area contributed by atoms with Gasteiger partial charge in [-0.3, -0.25) is 14.9 Å². The number of hydrogen-bond acceptors (Lipinski definition) is 6. The lowest BCUT2D eigenvalue weighted by atomic mass is 9.95. The van der Waals surface area contributed by atoms with Gasteiger partial charge in [-0.2, -0.15) is 0 Å². The molecule has 8 nitrogen and oxygen atoms in total. The van der Waals surface area contributed by atoms with Crippen LogP contribution in [0.4, 0.5) is 4.79 Å². The van der Waals surface area contributed by atoms with E-state index in [0.29, 0.717) is 12.8 Å². The lowest BCUT2D eigenvalue weighted by molar-refractivity contribution is -0.144. The summed E-state index contributed by atoms with van der Waals surface area (Å²) in [6, 6.07) is 7.20. The normalized spacial score (nSPS) is 14.6. The average molecular weight is 478 g/mol. The minimum absolute atomic E-state index is 0.175. The smallest absolute Gasteiger partial charge is 0.407 e. The Labute approximate surface area is 204 Å². The highest BCUT2D eigenvalue weighted by Crippen LogP contribution is 2.14. The molecule has 0 aliphatic carbocycles. The largest absolute Gasteiger partial charge is 0.468 e. The van der Waals surface area contributed by atoms with Gasteiger partial charge in [0.1, 0.15) is 17.7 Å². The van der Waals surface area contributed by atoms with Crippen molar-refractivity contribution >= 4 is 18.0 Å². The Hall–Kier alpha value is -2.61. The summed E-state index contributed by atoms with van der Waals surface area (Å²) in [4.78, 5) is 38.8. The molecular formula is C26H43N3O5. The van der Waals surface area contributed by atoms with Crippen LogP contribution >= 0.6 is 0 Å². The Morgan fingerprint density at radius 3 is 2.03 bits per heavy atom. The van der Waals surface area contributed by atoms with E-state index in [-0.39, 0.29) is 11.8 Å². The molecule has 3 N–H and O–H groups in total. The fourth-order valence-corrected chi connectivity index (χ4v) is 3.46. The van der Waals surface area contributed by atoms with E-state index < -0.39 is 41.3 Å². The summed E-state index contributed by atoms with van der Waals surface area (Å²) in [6.07, 6.45) is 0.184. The topological polar surface area (TPSA) is 106 Å². The molecule has 0 fully saturated rings. The maximum Gasteiger partial charge on any atom is 0.407 e. The molecule has 2 amide bonds. The summed E-state index contributed by atoms with van der Waals surface area (Å²) in [5.41, 5.74) is -0.291. The van der Waals surface area contributed by atoms with Gasteiger partial charge >= 0.3 is 12.1 Å². The number of methoxy groups -OCH3 is 1. The van der Waals surface area contributed by atoms with Crippen molar-refractivity contribution in [3.8, 4) is 0 Å². The quantitative estimate of drug-likeness (QED) is 0.445. The fraction of sp³-hybridized carbons (Fsp3) is 0.654. The molecule has 192 valence electrons. The predicted octanol–water partition coefficient (Wildman–Crippen LogP) is 3.58. The highest BCUT2D eigenvalue weighted by Gasteiger charge is 2.36. The van der Waals surface area contributed by atoms with Crippen LogP contribution in [0.5, 0.6) is 0 Å². The predicted molar refractivity (Wildman–Crippen MR) is 133 cm³/mol. The summed E-state index contributed by atoms with van der Waals surface area (Å²) in [7, 11) is 1.32. The van der Waals surface area contributed by atoms with E-state index in [1.807, 2.05) is 65.0 Å². The van der Waals surface area contributed by atoms with Gasteiger partial charge in [0.25, 0.3) is 0 Å². The van der Waals surface area contributed by atoms with Crippen molar-refractivity contribution in [1.29, 1.82) is 0 Å². The Balaban J connectivity index is 3.39. The minimum atomic E-state index is -0.921. The SMILES string of the molecule is COC(=O)[C@H](CC(C)C)NC(C(=O)NC(C)(C)C)[C@H](Cc1ccccc1)NC(=O)OC(C)(C)C. The van der Waals surface area contributed by atoms with Crippen LogP contribution in [-0.4, -0.2) is 54.3 Å². The van der Waals surface area contributed by atoms with Gasteiger partial charge < -0.3 is 20.1 Å². The summed E-state index contributed by atoms with van der Waals surface area (Å²) in [6.45, 7) is 14.9. The minimum Gasteiger partial charge on any atom is -0.468 e. The highest BCUT2D eigenvalue weighted by atomic mass is 16.6. The molecule has 0 aliphatic heterocycles. The molecule has 0 bridgehead atoms. The van der Waals surface area contributed by atoms with Crippen LogP contribution in [0.1, 0.15) is 67.4 Å². The lowest BCUT2D eigenvalue weighted by Gasteiger charge is -2.34. The van der Waals surface area contributed by atoms with Crippen molar-refractivity contribution in [3.05, 3.63) is 35.9 Å². The third-order valence-electron chi connectivity index (χ3n) is 4.76. The van der Waals surface area contributed by atoms with Gasteiger partial charge in [-0.05, 0) is 65.9 Å². The van der Waals surface area contributed by atoms with Crippen molar-refractivity contribution < 1.29 is 23.9 Å². The highest BCUT2D eigenvalue weighted by molar-refractivity contribution is 5.85. The standard InChI is InChI=1S/C26H43N3O5/c1-17(2)15-20(23(31)33-9)27-21(22(30)29-25(3,4)5)19(16-18-13-11-10-12-14-18)28-24(32)34-26(6,7)8/h10-14,17,19-21,27H,15-16H2,1-9H3,(H,28,32)(H,29,30)/t19-,20-,21?/m0/s1. The van der Waals surface area contributed by atoms with E-state index in [1.54, 1.807) is 20.8 Å². The Morgan fingerprint density at radius 1 is 0.971 bits per heavy atom. The molecule has 1 aromatic rings. The molecule has 1 unspecified atom stereocenters. The van der Waals surface area contributed by atoms with Crippen molar-refractivity contribution in [2.75, 3.05) is 7.11 Å². The molecule has 34 heavy (non-hydrogen) atoms. The summed E-state index contributed by atoms with van der Waals surface area (Å²) in [5.74, 6) is -0.616. The van der Waals surface area contributed by atoms with Crippen LogP contribution < -0.4 is 16.0 Å². The van der Waals surface area contributed by atoms with Crippen molar-refractivity contribution in [3.63, 3.8) is 0 Å². The summed E-state index contributed by atoms with van der Waals surface area (Å²) in [5, 5.41) is 9.03. The third kappa shape index (κ3) is 11.5. The molecule has 1 aromatic carbocycles. The molecule has 8 heteroatoms. The van der Waals surface area contributed by atoms with E-state index in [4.69, 9.17) is 9.47 Å². The summed E-state index contributed by atoms with van der Waals surface area (Å²) >= 11 is 0. The first kappa shape index (κ1) is 29.4. The number of amides is 2. The summed E-state index contributed by atoms with van der Waals surface area (Å²) < 4.78 is 10.5. The van der Waals surface area contributed by atoms with Gasteiger partial charge in [0, 0.05) is 5.54 Å². The average Bonchev–Trinajstić information content (AvgIpc) is 2.67. The van der Waals surface area contributed by atoms with E-state index in [1.165, 1.54) is 7.11 Å². The number of alkyl carbamates (subject to hydrolysis) is 1. The second-order valence-corrected chi connectivity index (χ2v) is 11.0. The zero-order valence-electron chi connectivity index (χ0n) is 22.2. The van der Waals surface area contributed by atoms with Crippen LogP contribution in [0.3, 0.4) is 0 Å². The first-order chi connectivity index (χ1) is 15.6. The second-order valence-electron chi connectivity index (χ2n) is 11.0. The first-order valence-electron chi connectivity index (χ1n) is 11.8. The van der Waals surface area contributed by atoms with Crippen LogP contribution in [0, 0.1) is 5.92 Å². The fourth-order valence-electron chi connectivity index (χ4n) is 3.46. The molecule has 0 aromatic heterocycles. The van der Waals surface area contributed by atoms with Crippen LogP contribution in [-0.2, 0) is 25.5 Å². The number of rotatable bonds is 10. The van der Waals surface area contributed by atoms with Gasteiger partial charge in [0.15, 0.2) is 0 Å². The monoisotopic (exact) mass is 477 g/mol. The van der Waals surface area contributed by atoms with Gasteiger partial charge in [0.2, 0.25) is 5.91 Å². The molecule has 0 spiro atoms. The van der Waals surface area contributed by atoms with Crippen molar-refractivity contribution in [2.24, 2.45) is 5.92 Å². The number of carbonyl (C=O) groups is 3. The zero-order valence-corrected chi connectivity index (χ0v) is 22.2. The van der Waals surface area contributed by atoms with Crippen LogP contribution in [0.2, 0.25) is 0 Å².